The van der Waals surface area contributed by atoms with Crippen LogP contribution < -0.4 is 27.4 Å². The molecule has 0 saturated heterocycles. The summed E-state index contributed by atoms with van der Waals surface area (Å²) in [6.45, 7) is 0. The smallest absolute Gasteiger partial charge is 0.259 e. The summed E-state index contributed by atoms with van der Waals surface area (Å²) >= 11 is 0. The third-order valence-corrected chi connectivity index (χ3v) is 7.11. The van der Waals surface area contributed by atoms with Crippen molar-refractivity contribution in [3.8, 4) is 5.75 Å². The summed E-state index contributed by atoms with van der Waals surface area (Å²) < 4.78 is 11.0. The van der Waals surface area contributed by atoms with Crippen molar-refractivity contribution < 1.29 is 31.2 Å². The third-order valence-electron chi connectivity index (χ3n) is 7.11. The minimum absolute atomic E-state index is 0. The van der Waals surface area contributed by atoms with Crippen LogP contribution in [0.3, 0.4) is 0 Å². The van der Waals surface area contributed by atoms with E-state index in [1.165, 1.54) is 0 Å². The number of carbonyl (C=O) groups is 2. The van der Waals surface area contributed by atoms with Gasteiger partial charge >= 0.3 is 0 Å². The van der Waals surface area contributed by atoms with Gasteiger partial charge in [-0.1, -0.05) is 42.5 Å². The lowest BCUT2D eigenvalue weighted by Crippen LogP contribution is -3.00. The zero-order valence-electron chi connectivity index (χ0n) is 20.8. The number of benzene rings is 3. The number of anilines is 2. The number of fused-ring (bicyclic) bond motifs is 1. The van der Waals surface area contributed by atoms with Gasteiger partial charge in [-0.2, -0.15) is 0 Å². The Morgan fingerprint density at radius 1 is 0.921 bits per heavy atom. The Hall–Kier alpha value is -4.29. The van der Waals surface area contributed by atoms with Crippen LogP contribution in [0.1, 0.15) is 46.5 Å². The van der Waals surface area contributed by atoms with Gasteiger partial charge < -0.3 is 26.9 Å². The Morgan fingerprint density at radius 3 is 2.37 bits per heavy atom. The number of ether oxygens (including phenoxy) is 1. The predicted octanol–water partition coefficient (Wildman–Crippen LogP) is 3.51. The monoisotopic (exact) mass is 525 g/mol. The number of furan rings is 1. The lowest BCUT2D eigenvalue weighted by molar-refractivity contribution is -0.116. The highest BCUT2D eigenvalue weighted by Gasteiger charge is 2.42. The first-order chi connectivity index (χ1) is 18.1. The molecule has 6 rings (SSSR count). The maximum atomic E-state index is 14.2. The summed E-state index contributed by atoms with van der Waals surface area (Å²) in [6.07, 6.45) is 2.57. The SMILES string of the molecule is COc1ccc(C(=O)N2c3ccccc3NC3=C(C(=O)CC(c4ccco4)C3)C2c2ccccc2)cc1.[Cl-]. The normalized spacial score (nSPS) is 18.4. The quantitative estimate of drug-likeness (QED) is 0.441. The van der Waals surface area contributed by atoms with Crippen molar-refractivity contribution in [2.75, 3.05) is 17.3 Å². The van der Waals surface area contributed by atoms with Crippen LogP contribution in [-0.2, 0) is 4.79 Å². The topological polar surface area (TPSA) is 71.8 Å². The van der Waals surface area contributed by atoms with Crippen LogP contribution in [0.5, 0.6) is 5.75 Å². The highest BCUT2D eigenvalue weighted by Crippen LogP contribution is 2.47. The average Bonchev–Trinajstić information content (AvgIpc) is 3.43. The van der Waals surface area contributed by atoms with Gasteiger partial charge in [-0.05, 0) is 60.5 Å². The Labute approximate surface area is 227 Å². The Balaban J connectivity index is 0.00000294. The second-order valence-corrected chi connectivity index (χ2v) is 9.30. The van der Waals surface area contributed by atoms with Gasteiger partial charge in [-0.3, -0.25) is 14.5 Å². The molecule has 2 heterocycles. The van der Waals surface area contributed by atoms with Crippen LogP contribution in [0, 0.1) is 0 Å². The zero-order chi connectivity index (χ0) is 25.4. The van der Waals surface area contributed by atoms with E-state index in [0.717, 1.165) is 22.7 Å². The fourth-order valence-electron chi connectivity index (χ4n) is 5.36. The third kappa shape index (κ3) is 4.48. The van der Waals surface area contributed by atoms with Crippen LogP contribution in [-0.4, -0.2) is 18.8 Å². The number of allylic oxidation sites excluding steroid dienone is 1. The van der Waals surface area contributed by atoms with Gasteiger partial charge in [-0.25, -0.2) is 0 Å². The number of amides is 1. The number of methoxy groups -OCH3 is 1. The molecule has 6 nitrogen and oxygen atoms in total. The molecule has 7 heteroatoms. The molecule has 1 aliphatic carbocycles. The number of nitrogens with zero attached hydrogens (tertiary/aromatic N) is 1. The summed E-state index contributed by atoms with van der Waals surface area (Å²) in [4.78, 5) is 29.9. The molecule has 2 atom stereocenters. The summed E-state index contributed by atoms with van der Waals surface area (Å²) in [5.41, 5.74) is 4.32. The minimum Gasteiger partial charge on any atom is -1.00 e. The second kappa shape index (κ2) is 10.6. The van der Waals surface area contributed by atoms with Crippen molar-refractivity contribution in [3.05, 3.63) is 125 Å². The average molecular weight is 526 g/mol. The Kier molecular flexibility index (Phi) is 7.07. The molecule has 0 saturated carbocycles. The summed E-state index contributed by atoms with van der Waals surface area (Å²) in [7, 11) is 1.59. The lowest BCUT2D eigenvalue weighted by atomic mass is 9.80. The van der Waals surface area contributed by atoms with E-state index in [0.29, 0.717) is 35.4 Å². The summed E-state index contributed by atoms with van der Waals surface area (Å²) in [6, 6.07) is 27.7. The highest BCUT2D eigenvalue weighted by atomic mass is 35.5. The van der Waals surface area contributed by atoms with Crippen molar-refractivity contribution in [1.82, 2.24) is 0 Å². The Morgan fingerprint density at radius 2 is 1.66 bits per heavy atom. The molecule has 38 heavy (non-hydrogen) atoms. The second-order valence-electron chi connectivity index (χ2n) is 9.30. The number of ketones is 1. The molecule has 0 spiro atoms. The van der Waals surface area contributed by atoms with Crippen molar-refractivity contribution in [2.45, 2.75) is 24.8 Å². The lowest BCUT2D eigenvalue weighted by Gasteiger charge is -2.35. The molecule has 0 bridgehead atoms. The molecule has 2 unspecified atom stereocenters. The molecule has 3 aromatic carbocycles. The van der Waals surface area contributed by atoms with E-state index in [2.05, 4.69) is 5.32 Å². The van der Waals surface area contributed by atoms with E-state index in [-0.39, 0.29) is 30.0 Å². The first-order valence-electron chi connectivity index (χ1n) is 12.3. The first-order valence-corrected chi connectivity index (χ1v) is 12.3. The van der Waals surface area contributed by atoms with Crippen molar-refractivity contribution in [3.63, 3.8) is 0 Å². The van der Waals surface area contributed by atoms with Gasteiger partial charge in [0, 0.05) is 29.2 Å². The van der Waals surface area contributed by atoms with Crippen LogP contribution in [0.2, 0.25) is 0 Å². The number of Topliss-reactive ketones (excluding diaryl/α,β-unsaturated/α-hetero) is 1. The molecule has 1 N–H and O–H groups in total. The maximum absolute atomic E-state index is 14.2. The molecule has 0 fully saturated rings. The molecule has 192 valence electrons. The largest absolute Gasteiger partial charge is 1.00 e. The molecular weight excluding hydrogens is 500 g/mol. The molecule has 2 aliphatic rings. The van der Waals surface area contributed by atoms with Crippen molar-refractivity contribution >= 4 is 23.1 Å². The van der Waals surface area contributed by atoms with Gasteiger partial charge in [-0.15, -0.1) is 0 Å². The van der Waals surface area contributed by atoms with E-state index >= 15 is 0 Å². The predicted molar refractivity (Wildman–Crippen MR) is 142 cm³/mol. The van der Waals surface area contributed by atoms with Crippen molar-refractivity contribution in [1.29, 1.82) is 0 Å². The van der Waals surface area contributed by atoms with E-state index in [1.54, 1.807) is 42.5 Å². The maximum Gasteiger partial charge on any atom is 0.259 e. The standard InChI is InChI=1S/C31H26N2O4.ClH/c1-36-23-15-13-21(14-16-23)31(35)33-26-11-6-5-10-24(26)32-25-18-22(28-12-7-17-37-28)19-27(34)29(25)30(33)20-8-3-2-4-9-20;/h2-17,22,30,32H,18-19H2,1H3;1H/p-1. The van der Waals surface area contributed by atoms with Gasteiger partial charge in [0.15, 0.2) is 5.78 Å². The van der Waals surface area contributed by atoms with Crippen LogP contribution in [0.15, 0.2) is 113 Å². The summed E-state index contributed by atoms with van der Waals surface area (Å²) in [5, 5.41) is 3.54. The zero-order valence-corrected chi connectivity index (χ0v) is 21.5. The first kappa shape index (κ1) is 25.4. The highest BCUT2D eigenvalue weighted by molar-refractivity contribution is 6.12. The Bertz CT molecular complexity index is 1480. The number of halogens is 1. The fourth-order valence-corrected chi connectivity index (χ4v) is 5.36. The number of nitrogens with one attached hydrogen (secondary N) is 1. The van der Waals surface area contributed by atoms with E-state index in [4.69, 9.17) is 9.15 Å². The summed E-state index contributed by atoms with van der Waals surface area (Å²) in [5.74, 6) is 1.21. The van der Waals surface area contributed by atoms with E-state index < -0.39 is 6.04 Å². The van der Waals surface area contributed by atoms with E-state index in [1.807, 2.05) is 66.7 Å². The number of hydrogen-bond donors (Lipinski definition) is 1. The molecule has 1 aliphatic heterocycles. The fraction of sp³-hybridized carbons (Fsp3) is 0.161. The van der Waals surface area contributed by atoms with Gasteiger partial charge in [0.1, 0.15) is 11.5 Å². The number of hydrogen-bond acceptors (Lipinski definition) is 5. The number of carbonyl (C=O) groups excluding carboxylic acids is 2. The number of para-hydroxylation sites is 2. The van der Waals surface area contributed by atoms with Gasteiger partial charge in [0.25, 0.3) is 5.91 Å². The minimum atomic E-state index is -0.591. The van der Waals surface area contributed by atoms with E-state index in [9.17, 15) is 9.59 Å². The van der Waals surface area contributed by atoms with Crippen LogP contribution in [0.4, 0.5) is 11.4 Å². The van der Waals surface area contributed by atoms with Gasteiger partial charge in [0.2, 0.25) is 0 Å². The number of rotatable bonds is 4. The molecule has 1 amide bonds. The molecule has 1 aromatic heterocycles. The molecular formula is C31H26ClN2O4-. The van der Waals surface area contributed by atoms with Crippen molar-refractivity contribution in [2.24, 2.45) is 0 Å². The van der Waals surface area contributed by atoms with Crippen LogP contribution in [0.25, 0.3) is 0 Å². The molecule has 4 aromatic rings. The molecule has 0 radical (unpaired) electrons. The van der Waals surface area contributed by atoms with Crippen LogP contribution >= 0.6 is 0 Å². The van der Waals surface area contributed by atoms with Gasteiger partial charge in [0.05, 0.1) is 30.8 Å².